The third-order valence-electron chi connectivity index (χ3n) is 3.55. The molecular weight excluding hydrogens is 286 g/mol. The molecule has 0 amide bonds. The van der Waals surface area contributed by atoms with Crippen LogP contribution in [0, 0.1) is 0 Å². The number of esters is 1. The molecule has 3 heterocycles. The zero-order chi connectivity index (χ0) is 15.3. The second-order valence-electron chi connectivity index (χ2n) is 5.48. The molecule has 3 rings (SSSR count). The zero-order valence-corrected chi connectivity index (χ0v) is 11.3. The van der Waals surface area contributed by atoms with Crippen molar-refractivity contribution in [1.82, 2.24) is 0 Å². The van der Waals surface area contributed by atoms with Crippen molar-refractivity contribution in [3.05, 3.63) is 10.4 Å². The lowest BCUT2D eigenvalue weighted by Crippen LogP contribution is -2.66. The molecule has 21 heavy (non-hydrogen) atoms. The highest BCUT2D eigenvalue weighted by molar-refractivity contribution is 5.79. The van der Waals surface area contributed by atoms with Crippen molar-refractivity contribution in [2.24, 2.45) is 5.11 Å². The molecule has 0 saturated carbocycles. The average molecular weight is 299 g/mol. The molecule has 3 fully saturated rings. The fraction of sp³-hybridized carbons (Fsp3) is 0.818. The van der Waals surface area contributed by atoms with Gasteiger partial charge in [0.05, 0.1) is 0 Å². The minimum Gasteiger partial charge on any atom is -0.448 e. The molecule has 10 heteroatoms. The van der Waals surface area contributed by atoms with Gasteiger partial charge in [0.2, 0.25) is 5.60 Å². The first-order chi connectivity index (χ1) is 9.87. The molecule has 0 N–H and O–H groups in total. The topological polar surface area (TPSA) is 129 Å². The van der Waals surface area contributed by atoms with E-state index >= 15 is 0 Å². The first kappa shape index (κ1) is 13.9. The lowest BCUT2D eigenvalue weighted by atomic mass is 9.87. The number of rotatable bonds is 1. The third kappa shape index (κ3) is 2.17. The van der Waals surface area contributed by atoms with Crippen LogP contribution in [-0.2, 0) is 28.5 Å². The maximum atomic E-state index is 12.1. The molecule has 3 saturated heterocycles. The number of ether oxygens (including phenoxy) is 5. The maximum Gasteiger partial charge on any atom is 0.508 e. The lowest BCUT2D eigenvalue weighted by molar-refractivity contribution is -0.231. The van der Waals surface area contributed by atoms with E-state index in [2.05, 4.69) is 10.0 Å². The summed E-state index contributed by atoms with van der Waals surface area (Å²) in [4.78, 5) is 25.7. The molecule has 3 atom stereocenters. The molecule has 1 unspecified atom stereocenters. The smallest absolute Gasteiger partial charge is 0.448 e. The Kier molecular flexibility index (Phi) is 2.97. The Hall–Kier alpha value is -2.03. The molecule has 0 radical (unpaired) electrons. The van der Waals surface area contributed by atoms with Crippen molar-refractivity contribution in [2.45, 2.75) is 43.5 Å². The van der Waals surface area contributed by atoms with Crippen molar-refractivity contribution in [3.8, 4) is 0 Å². The molecule has 0 aromatic carbocycles. The van der Waals surface area contributed by atoms with Crippen LogP contribution in [0.1, 0.15) is 13.8 Å². The fourth-order valence-corrected chi connectivity index (χ4v) is 2.72. The Labute approximate surface area is 118 Å². The van der Waals surface area contributed by atoms with E-state index in [4.69, 9.17) is 29.2 Å². The maximum absolute atomic E-state index is 12.1. The van der Waals surface area contributed by atoms with Crippen LogP contribution >= 0.6 is 0 Å². The largest absolute Gasteiger partial charge is 0.508 e. The van der Waals surface area contributed by atoms with E-state index in [-0.39, 0.29) is 13.2 Å². The van der Waals surface area contributed by atoms with E-state index in [1.54, 1.807) is 13.8 Å². The molecule has 114 valence electrons. The highest BCUT2D eigenvalue weighted by Crippen LogP contribution is 2.43. The van der Waals surface area contributed by atoms with Gasteiger partial charge < -0.3 is 23.7 Å². The van der Waals surface area contributed by atoms with Gasteiger partial charge in [-0.15, -0.1) is 0 Å². The normalized spacial score (nSPS) is 36.0. The van der Waals surface area contributed by atoms with Crippen LogP contribution in [0.25, 0.3) is 10.4 Å². The van der Waals surface area contributed by atoms with Crippen molar-refractivity contribution < 1.29 is 33.3 Å². The van der Waals surface area contributed by atoms with Gasteiger partial charge in [-0.25, -0.2) is 4.79 Å². The van der Waals surface area contributed by atoms with Crippen LogP contribution in [-0.4, -0.2) is 55.0 Å². The second-order valence-corrected chi connectivity index (χ2v) is 5.48. The van der Waals surface area contributed by atoms with Gasteiger partial charge in [-0.2, -0.15) is 0 Å². The van der Waals surface area contributed by atoms with Crippen LogP contribution in [0.3, 0.4) is 0 Å². The van der Waals surface area contributed by atoms with Gasteiger partial charge >= 0.3 is 12.1 Å². The van der Waals surface area contributed by atoms with E-state index < -0.39 is 41.8 Å². The molecule has 0 aromatic heterocycles. The highest BCUT2D eigenvalue weighted by Gasteiger charge is 2.64. The predicted octanol–water partition coefficient (Wildman–Crippen LogP) is 0.648. The van der Waals surface area contributed by atoms with E-state index in [0.717, 1.165) is 0 Å². The monoisotopic (exact) mass is 299 g/mol. The van der Waals surface area contributed by atoms with Crippen molar-refractivity contribution in [2.75, 3.05) is 13.2 Å². The number of carbonyl (C=O) groups is 2. The Morgan fingerprint density at radius 3 is 2.52 bits per heavy atom. The number of fused-ring (bicyclic) bond motifs is 2. The summed E-state index contributed by atoms with van der Waals surface area (Å²) in [6.07, 6.45) is -2.45. The first-order valence-corrected chi connectivity index (χ1v) is 6.29. The second kappa shape index (κ2) is 4.48. The van der Waals surface area contributed by atoms with E-state index in [1.165, 1.54) is 0 Å². The molecular formula is C11H13N3O7. The predicted molar refractivity (Wildman–Crippen MR) is 62.9 cm³/mol. The van der Waals surface area contributed by atoms with Crippen LogP contribution < -0.4 is 0 Å². The van der Waals surface area contributed by atoms with E-state index in [9.17, 15) is 9.59 Å². The van der Waals surface area contributed by atoms with Crippen LogP contribution in [0.2, 0.25) is 0 Å². The summed E-state index contributed by atoms with van der Waals surface area (Å²) < 4.78 is 26.4. The number of hydrogen-bond acceptors (Lipinski definition) is 8. The Balaban J connectivity index is 1.96. The fourth-order valence-electron chi connectivity index (χ4n) is 2.72. The Morgan fingerprint density at radius 1 is 1.24 bits per heavy atom. The summed E-state index contributed by atoms with van der Waals surface area (Å²) in [7, 11) is 0. The minimum absolute atomic E-state index is 0.207. The average Bonchev–Trinajstić information content (AvgIpc) is 2.74. The van der Waals surface area contributed by atoms with Gasteiger partial charge in [0, 0.05) is 4.91 Å². The van der Waals surface area contributed by atoms with Crippen LogP contribution in [0.15, 0.2) is 5.11 Å². The summed E-state index contributed by atoms with van der Waals surface area (Å²) in [6, 6.07) is -1.16. The summed E-state index contributed by atoms with van der Waals surface area (Å²) in [6.45, 7) is 2.90. The molecule has 3 aliphatic rings. The molecule has 1 spiro atoms. The van der Waals surface area contributed by atoms with Gasteiger partial charge in [-0.1, -0.05) is 5.11 Å². The zero-order valence-electron chi connectivity index (χ0n) is 11.3. The lowest BCUT2D eigenvalue weighted by Gasteiger charge is -2.44. The number of nitrogens with zero attached hydrogens (tertiary/aromatic N) is 3. The van der Waals surface area contributed by atoms with Gasteiger partial charge in [0.1, 0.15) is 25.4 Å². The van der Waals surface area contributed by atoms with Gasteiger partial charge in [0.25, 0.3) is 0 Å². The molecule has 0 aliphatic carbocycles. The number of cyclic esters (lactones) is 2. The number of carbonyl (C=O) groups excluding carboxylic acids is 2. The molecule has 0 bridgehead atoms. The van der Waals surface area contributed by atoms with E-state index in [1.807, 2.05) is 0 Å². The van der Waals surface area contributed by atoms with Crippen LogP contribution in [0.4, 0.5) is 4.79 Å². The standard InChI is InChI=1S/C11H13N3O7/c1-10(2)19-6-5(13-14-12)8(15)21-11(7(6)20-10)3-17-9(16)18-4-11/h5-7H,3-4H2,1-2H3/t5?,6-,7-/m1/s1. The van der Waals surface area contributed by atoms with Gasteiger partial charge in [-0.3, -0.25) is 4.79 Å². The Morgan fingerprint density at radius 2 is 1.90 bits per heavy atom. The third-order valence-corrected chi connectivity index (χ3v) is 3.55. The first-order valence-electron chi connectivity index (χ1n) is 6.29. The summed E-state index contributed by atoms with van der Waals surface area (Å²) in [5, 5.41) is 3.42. The summed E-state index contributed by atoms with van der Waals surface area (Å²) >= 11 is 0. The van der Waals surface area contributed by atoms with Gasteiger partial charge in [-0.05, 0) is 19.4 Å². The summed E-state index contributed by atoms with van der Waals surface area (Å²) in [5.41, 5.74) is 7.28. The Bertz CT molecular complexity index is 532. The molecule has 10 nitrogen and oxygen atoms in total. The van der Waals surface area contributed by atoms with E-state index in [0.29, 0.717) is 0 Å². The summed E-state index contributed by atoms with van der Waals surface area (Å²) in [5.74, 6) is -1.77. The van der Waals surface area contributed by atoms with Crippen LogP contribution in [0.5, 0.6) is 0 Å². The van der Waals surface area contributed by atoms with Crippen molar-refractivity contribution in [3.63, 3.8) is 0 Å². The quantitative estimate of drug-likeness (QED) is 0.301. The van der Waals surface area contributed by atoms with Crippen molar-refractivity contribution in [1.29, 1.82) is 0 Å². The van der Waals surface area contributed by atoms with Crippen molar-refractivity contribution >= 4 is 12.1 Å². The molecule has 0 aromatic rings. The number of azide groups is 1. The SMILES string of the molecule is CC1(C)O[C@@H]2C(N=[N+]=[N-])C(=O)OC3(COC(=O)OC3)[C@@H]2O1. The molecule has 3 aliphatic heterocycles. The minimum atomic E-state index is -1.30. The highest BCUT2D eigenvalue weighted by atomic mass is 16.8. The van der Waals surface area contributed by atoms with Gasteiger partial charge in [0.15, 0.2) is 11.8 Å². The number of hydrogen-bond donors (Lipinski definition) is 0.